The Hall–Kier alpha value is -3.05. The van der Waals surface area contributed by atoms with E-state index in [1.165, 1.54) is 10.7 Å². The number of hydrogen-bond donors (Lipinski definition) is 0. The van der Waals surface area contributed by atoms with Crippen molar-refractivity contribution in [3.8, 4) is 11.8 Å². The van der Waals surface area contributed by atoms with Gasteiger partial charge in [0.15, 0.2) is 11.9 Å². The van der Waals surface area contributed by atoms with Gasteiger partial charge in [0, 0.05) is 12.0 Å². The Morgan fingerprint density at radius 2 is 1.97 bits per heavy atom. The van der Waals surface area contributed by atoms with E-state index < -0.39 is 18.1 Å². The van der Waals surface area contributed by atoms with Gasteiger partial charge in [-0.05, 0) is 80.0 Å². The topological polar surface area (TPSA) is 60.1 Å². The minimum atomic E-state index is -4.58. The monoisotopic (exact) mass is 441 g/mol. The van der Waals surface area contributed by atoms with E-state index in [1.807, 2.05) is 12.1 Å². The molecule has 1 aliphatic heterocycles. The molecular weight excluding hydrogens is 419 g/mol. The zero-order valence-electron chi connectivity index (χ0n) is 17.4. The molecule has 3 aromatic rings. The van der Waals surface area contributed by atoms with Gasteiger partial charge in [-0.25, -0.2) is 4.68 Å². The predicted octanol–water partition coefficient (Wildman–Crippen LogP) is 6.08. The van der Waals surface area contributed by atoms with Crippen LogP contribution in [0.5, 0.6) is 5.75 Å². The largest absolute Gasteiger partial charge is 0.486 e. The second-order valence-electron chi connectivity index (χ2n) is 8.32. The van der Waals surface area contributed by atoms with Crippen molar-refractivity contribution in [1.82, 2.24) is 9.78 Å². The Kier molecular flexibility index (Phi) is 5.30. The average Bonchev–Trinajstić information content (AvgIpc) is 3.19. The number of benzene rings is 2. The first-order chi connectivity index (χ1) is 15.4. The number of ether oxygens (including phenoxy) is 2. The Balaban J connectivity index is 1.51. The fourth-order valence-electron chi connectivity index (χ4n) is 4.66. The highest BCUT2D eigenvalue weighted by Gasteiger charge is 2.38. The van der Waals surface area contributed by atoms with Crippen molar-refractivity contribution in [3.05, 3.63) is 58.8 Å². The first-order valence-corrected chi connectivity index (χ1v) is 10.8. The molecule has 2 aromatic carbocycles. The molecule has 0 radical (unpaired) electrons. The molecule has 1 aromatic heterocycles. The van der Waals surface area contributed by atoms with Gasteiger partial charge in [-0.15, -0.1) is 0 Å². The number of hydrogen-bond acceptors (Lipinski definition) is 4. The van der Waals surface area contributed by atoms with Gasteiger partial charge in [-0.1, -0.05) is 6.07 Å². The van der Waals surface area contributed by atoms with Crippen molar-refractivity contribution in [2.75, 3.05) is 6.61 Å². The number of aromatic nitrogens is 2. The molecule has 166 valence electrons. The SMILES string of the molecule is N#Cc1ccc2c(c1)CCCC2Oc1ccc2c(c1)c(C(F)(F)F)nn2C1CCCCO1. The molecule has 2 atom stereocenters. The van der Waals surface area contributed by atoms with Gasteiger partial charge < -0.3 is 9.47 Å². The molecule has 0 saturated carbocycles. The lowest BCUT2D eigenvalue weighted by Gasteiger charge is -2.26. The van der Waals surface area contributed by atoms with Gasteiger partial charge in [0.05, 0.1) is 17.1 Å². The van der Waals surface area contributed by atoms with E-state index in [-0.39, 0.29) is 11.5 Å². The maximum atomic E-state index is 13.8. The molecular formula is C24H22F3N3O2. The summed E-state index contributed by atoms with van der Waals surface area (Å²) in [6, 6.07) is 12.4. The maximum Gasteiger partial charge on any atom is 0.435 e. The third kappa shape index (κ3) is 3.82. The standard InChI is InChI=1S/C24H22F3N3O2/c25-24(26,27)23-19-13-17(8-10-20(19)30(29-23)22-6-1-2-11-31-22)32-21-5-3-4-16-12-15(14-28)7-9-18(16)21/h7-10,12-13,21-22H,1-6,11H2. The summed E-state index contributed by atoms with van der Waals surface area (Å²) in [7, 11) is 0. The van der Waals surface area contributed by atoms with Crippen LogP contribution in [-0.4, -0.2) is 16.4 Å². The zero-order valence-corrected chi connectivity index (χ0v) is 17.4. The smallest absolute Gasteiger partial charge is 0.435 e. The number of rotatable bonds is 3. The van der Waals surface area contributed by atoms with Gasteiger partial charge in [-0.3, -0.25) is 0 Å². The van der Waals surface area contributed by atoms with Crippen molar-refractivity contribution < 1.29 is 22.6 Å². The van der Waals surface area contributed by atoms with E-state index in [9.17, 15) is 13.2 Å². The number of alkyl halides is 3. The molecule has 2 aliphatic rings. The average molecular weight is 441 g/mol. The lowest BCUT2D eigenvalue weighted by Crippen LogP contribution is -2.20. The normalized spacial score (nSPS) is 21.2. The van der Waals surface area contributed by atoms with E-state index in [1.54, 1.807) is 18.2 Å². The number of halogens is 3. The number of nitriles is 1. The zero-order chi connectivity index (χ0) is 22.3. The molecule has 2 unspecified atom stereocenters. The molecule has 5 nitrogen and oxygen atoms in total. The fourth-order valence-corrected chi connectivity index (χ4v) is 4.66. The van der Waals surface area contributed by atoms with Gasteiger partial charge in [0.25, 0.3) is 0 Å². The third-order valence-electron chi connectivity index (χ3n) is 6.18. The molecule has 0 N–H and O–H groups in total. The molecule has 2 heterocycles. The molecule has 1 aliphatic carbocycles. The van der Waals surface area contributed by atoms with Crippen LogP contribution in [0.15, 0.2) is 36.4 Å². The highest BCUT2D eigenvalue weighted by molar-refractivity contribution is 5.84. The van der Waals surface area contributed by atoms with Crippen LogP contribution in [0.4, 0.5) is 13.2 Å². The van der Waals surface area contributed by atoms with Crippen LogP contribution >= 0.6 is 0 Å². The molecule has 32 heavy (non-hydrogen) atoms. The number of aryl methyl sites for hydroxylation is 1. The summed E-state index contributed by atoms with van der Waals surface area (Å²) in [5.41, 5.74) is 2.10. The van der Waals surface area contributed by atoms with Crippen molar-refractivity contribution in [2.24, 2.45) is 0 Å². The summed E-state index contributed by atoms with van der Waals surface area (Å²) in [5, 5.41) is 13.1. The highest BCUT2D eigenvalue weighted by Crippen LogP contribution is 2.40. The molecule has 1 saturated heterocycles. The van der Waals surface area contributed by atoms with Crippen molar-refractivity contribution in [1.29, 1.82) is 5.26 Å². The van der Waals surface area contributed by atoms with E-state index in [2.05, 4.69) is 11.2 Å². The Labute approximate surface area is 183 Å². The predicted molar refractivity (Wildman–Crippen MR) is 111 cm³/mol. The Bertz CT molecular complexity index is 1190. The third-order valence-corrected chi connectivity index (χ3v) is 6.18. The number of nitrogens with zero attached hydrogens (tertiary/aromatic N) is 3. The van der Waals surface area contributed by atoms with Crippen LogP contribution in [0.2, 0.25) is 0 Å². The lowest BCUT2D eigenvalue weighted by molar-refractivity contribution is -0.141. The minimum absolute atomic E-state index is 0.0139. The quantitative estimate of drug-likeness (QED) is 0.494. The summed E-state index contributed by atoms with van der Waals surface area (Å²) in [6.07, 6.45) is -0.406. The molecule has 8 heteroatoms. The van der Waals surface area contributed by atoms with Gasteiger partial charge in [0.1, 0.15) is 11.9 Å². The summed E-state index contributed by atoms with van der Waals surface area (Å²) in [4.78, 5) is 0. The van der Waals surface area contributed by atoms with Crippen molar-refractivity contribution >= 4 is 10.9 Å². The van der Waals surface area contributed by atoms with Crippen molar-refractivity contribution in [3.63, 3.8) is 0 Å². The molecule has 0 spiro atoms. The summed E-state index contributed by atoms with van der Waals surface area (Å²) in [5.74, 6) is 0.370. The Morgan fingerprint density at radius 1 is 1.09 bits per heavy atom. The molecule has 0 bridgehead atoms. The summed E-state index contributed by atoms with van der Waals surface area (Å²) >= 11 is 0. The Morgan fingerprint density at radius 3 is 2.72 bits per heavy atom. The number of fused-ring (bicyclic) bond motifs is 2. The van der Waals surface area contributed by atoms with E-state index >= 15 is 0 Å². The van der Waals surface area contributed by atoms with Crippen LogP contribution in [0.3, 0.4) is 0 Å². The van der Waals surface area contributed by atoms with Crippen LogP contribution in [-0.2, 0) is 17.3 Å². The lowest BCUT2D eigenvalue weighted by atomic mass is 9.88. The molecule has 1 fully saturated rings. The van der Waals surface area contributed by atoms with E-state index in [0.717, 1.165) is 43.2 Å². The maximum absolute atomic E-state index is 13.8. The van der Waals surface area contributed by atoms with Crippen molar-refractivity contribution in [2.45, 2.75) is 57.0 Å². The minimum Gasteiger partial charge on any atom is -0.486 e. The first-order valence-electron chi connectivity index (χ1n) is 10.8. The fraction of sp³-hybridized carbons (Fsp3) is 0.417. The van der Waals surface area contributed by atoms with E-state index in [0.29, 0.717) is 29.9 Å². The summed E-state index contributed by atoms with van der Waals surface area (Å²) in [6.45, 7) is 0.517. The van der Waals surface area contributed by atoms with Crippen LogP contribution in [0.1, 0.15) is 66.8 Å². The van der Waals surface area contributed by atoms with Crippen LogP contribution < -0.4 is 4.74 Å². The van der Waals surface area contributed by atoms with Gasteiger partial charge >= 0.3 is 6.18 Å². The highest BCUT2D eigenvalue weighted by atomic mass is 19.4. The molecule has 5 rings (SSSR count). The second-order valence-corrected chi connectivity index (χ2v) is 8.32. The second kappa shape index (κ2) is 8.14. The molecule has 0 amide bonds. The summed E-state index contributed by atoms with van der Waals surface area (Å²) < 4.78 is 54.5. The van der Waals surface area contributed by atoms with Gasteiger partial charge in [0.2, 0.25) is 0 Å². The van der Waals surface area contributed by atoms with Crippen LogP contribution in [0, 0.1) is 11.3 Å². The van der Waals surface area contributed by atoms with Gasteiger partial charge in [-0.2, -0.15) is 23.5 Å². The first kappa shape index (κ1) is 20.8. The van der Waals surface area contributed by atoms with E-state index in [4.69, 9.17) is 14.7 Å². The van der Waals surface area contributed by atoms with Crippen LogP contribution in [0.25, 0.3) is 10.9 Å².